The number of nitrogens with zero attached hydrogens (tertiary/aromatic N) is 1. The number of thiophene rings is 1. The molecule has 7 nitrogen and oxygen atoms in total. The van der Waals surface area contributed by atoms with Gasteiger partial charge in [0.15, 0.2) is 16.1 Å². The third-order valence-electron chi connectivity index (χ3n) is 4.27. The number of aliphatic hydroxyl groups is 2. The van der Waals surface area contributed by atoms with Crippen LogP contribution in [0, 0.1) is 0 Å². The van der Waals surface area contributed by atoms with Crippen molar-refractivity contribution >= 4 is 32.6 Å². The standard InChI is InChI=1S/C19H23F3N2O5S2/c1-3-29-12-6-11(8-17(25)26)7-13(9-12)31(27,28)18-5-4-15(30-18)14(23)10-16(24-2)19(20,21)22/h4-7,10,13,17,25-26H,3,8-9,23H2,1-2H3. The van der Waals surface area contributed by atoms with Crippen molar-refractivity contribution in [1.29, 1.82) is 0 Å². The Morgan fingerprint density at radius 2 is 2.10 bits per heavy atom. The quantitative estimate of drug-likeness (QED) is 0.389. The van der Waals surface area contributed by atoms with Gasteiger partial charge in [-0.25, -0.2) is 8.42 Å². The van der Waals surface area contributed by atoms with E-state index in [0.29, 0.717) is 24.0 Å². The molecule has 1 aliphatic rings. The molecule has 2 rings (SSSR count). The number of sulfone groups is 1. The van der Waals surface area contributed by atoms with Crippen LogP contribution in [0.15, 0.2) is 50.9 Å². The summed E-state index contributed by atoms with van der Waals surface area (Å²) in [6.45, 7) is 2.04. The largest absolute Gasteiger partial charge is 0.498 e. The summed E-state index contributed by atoms with van der Waals surface area (Å²) >= 11 is 0.742. The van der Waals surface area contributed by atoms with Crippen LogP contribution in [0.1, 0.15) is 24.6 Å². The third kappa shape index (κ3) is 6.42. The second-order valence-electron chi connectivity index (χ2n) is 6.58. The fraction of sp³-hybridized carbons (Fsp3) is 0.421. The van der Waals surface area contributed by atoms with Gasteiger partial charge in [0, 0.05) is 19.9 Å². The average Bonchev–Trinajstić information content (AvgIpc) is 3.15. The first-order valence-electron chi connectivity index (χ1n) is 9.14. The van der Waals surface area contributed by atoms with Crippen molar-refractivity contribution in [3.05, 3.63) is 46.6 Å². The first-order valence-corrected chi connectivity index (χ1v) is 11.5. The molecule has 31 heavy (non-hydrogen) atoms. The summed E-state index contributed by atoms with van der Waals surface area (Å²) < 4.78 is 70.3. The first kappa shape index (κ1) is 25.1. The van der Waals surface area contributed by atoms with Crippen LogP contribution >= 0.6 is 11.3 Å². The summed E-state index contributed by atoms with van der Waals surface area (Å²) in [4.78, 5) is 3.31. The monoisotopic (exact) mass is 480 g/mol. The highest BCUT2D eigenvalue weighted by Crippen LogP contribution is 2.34. The molecule has 1 heterocycles. The molecule has 1 aromatic heterocycles. The van der Waals surface area contributed by atoms with Gasteiger partial charge in [0.1, 0.15) is 9.92 Å². The maximum atomic E-state index is 13.1. The van der Waals surface area contributed by atoms with Crippen LogP contribution in [0.4, 0.5) is 13.2 Å². The number of nitrogens with two attached hydrogens (primary N) is 1. The highest BCUT2D eigenvalue weighted by Gasteiger charge is 2.34. The minimum absolute atomic E-state index is 0.0421. The summed E-state index contributed by atoms with van der Waals surface area (Å²) in [6.07, 6.45) is -2.84. The van der Waals surface area contributed by atoms with Gasteiger partial charge in [-0.2, -0.15) is 13.2 Å². The lowest BCUT2D eigenvalue weighted by atomic mass is 10.0. The molecule has 1 unspecified atom stereocenters. The van der Waals surface area contributed by atoms with E-state index in [1.54, 1.807) is 13.0 Å². The Labute approximate surface area is 182 Å². The molecule has 172 valence electrons. The molecular weight excluding hydrogens is 457 g/mol. The molecule has 4 N–H and O–H groups in total. The van der Waals surface area contributed by atoms with Gasteiger partial charge in [-0.05, 0) is 36.8 Å². The maximum Gasteiger partial charge on any atom is 0.432 e. The molecule has 0 aromatic carbocycles. The third-order valence-corrected chi connectivity index (χ3v) is 7.94. The van der Waals surface area contributed by atoms with Crippen LogP contribution in [0.5, 0.6) is 0 Å². The lowest BCUT2D eigenvalue weighted by Gasteiger charge is -2.22. The lowest BCUT2D eigenvalue weighted by Crippen LogP contribution is -2.23. The highest BCUT2D eigenvalue weighted by molar-refractivity contribution is 7.94. The number of allylic oxidation sites excluding steroid dienone is 3. The van der Waals surface area contributed by atoms with Gasteiger partial charge in [0.2, 0.25) is 0 Å². The SMILES string of the molecule is CCOC1=CC(CC(O)O)=CC(S(=O)(=O)c2ccc(C(N)=CC(=NC)C(F)(F)F)s2)C1. The van der Waals surface area contributed by atoms with Crippen LogP contribution in [0.2, 0.25) is 0 Å². The molecule has 0 spiro atoms. The Morgan fingerprint density at radius 3 is 2.65 bits per heavy atom. The van der Waals surface area contributed by atoms with Gasteiger partial charge in [-0.3, -0.25) is 4.99 Å². The Balaban J connectivity index is 2.36. The zero-order chi connectivity index (χ0) is 23.4. The molecule has 1 atom stereocenters. The van der Waals surface area contributed by atoms with Crippen LogP contribution in [0.3, 0.4) is 0 Å². The fourth-order valence-electron chi connectivity index (χ4n) is 2.90. The van der Waals surface area contributed by atoms with Crippen LogP contribution in [-0.4, -0.2) is 55.7 Å². The zero-order valence-electron chi connectivity index (χ0n) is 16.8. The van der Waals surface area contributed by atoms with E-state index in [-0.39, 0.29) is 27.6 Å². The van der Waals surface area contributed by atoms with E-state index in [9.17, 15) is 31.8 Å². The molecule has 1 aliphatic carbocycles. The fourth-order valence-corrected chi connectivity index (χ4v) is 5.97. The van der Waals surface area contributed by atoms with E-state index in [4.69, 9.17) is 10.5 Å². The van der Waals surface area contributed by atoms with E-state index in [2.05, 4.69) is 4.99 Å². The number of aliphatic imine (C=N–C) groups is 1. The molecule has 12 heteroatoms. The number of halogens is 3. The van der Waals surface area contributed by atoms with Crippen LogP contribution < -0.4 is 5.73 Å². The van der Waals surface area contributed by atoms with Gasteiger partial charge in [-0.15, -0.1) is 11.3 Å². The number of alkyl halides is 3. The van der Waals surface area contributed by atoms with E-state index in [1.165, 1.54) is 18.2 Å². The molecule has 1 aromatic rings. The van der Waals surface area contributed by atoms with Gasteiger partial charge < -0.3 is 20.7 Å². The molecule has 0 saturated carbocycles. The molecule has 0 bridgehead atoms. The number of hydrogen-bond acceptors (Lipinski definition) is 8. The van der Waals surface area contributed by atoms with Crippen LogP contribution in [-0.2, 0) is 14.6 Å². The van der Waals surface area contributed by atoms with Gasteiger partial charge in [0.25, 0.3) is 0 Å². The van der Waals surface area contributed by atoms with E-state index in [1.807, 2.05) is 0 Å². The summed E-state index contributed by atoms with van der Waals surface area (Å²) in [5, 5.41) is 17.4. The van der Waals surface area contributed by atoms with Crippen molar-refractivity contribution in [3.8, 4) is 0 Å². The normalized spacial score (nSPS) is 18.8. The topological polar surface area (TPSA) is 122 Å². The van der Waals surface area contributed by atoms with Gasteiger partial charge >= 0.3 is 6.18 Å². The summed E-state index contributed by atoms with van der Waals surface area (Å²) in [6, 6.07) is 2.61. The average molecular weight is 481 g/mol. The molecule has 0 amide bonds. The highest BCUT2D eigenvalue weighted by atomic mass is 32.2. The van der Waals surface area contributed by atoms with Crippen molar-refractivity contribution in [2.75, 3.05) is 13.7 Å². The van der Waals surface area contributed by atoms with E-state index >= 15 is 0 Å². The van der Waals surface area contributed by atoms with Crippen molar-refractivity contribution in [1.82, 2.24) is 0 Å². The van der Waals surface area contributed by atoms with Gasteiger partial charge in [0.05, 0.1) is 28.2 Å². The minimum atomic E-state index is -4.69. The Morgan fingerprint density at radius 1 is 1.42 bits per heavy atom. The Bertz CT molecular complexity index is 1020. The number of hydrogen-bond donors (Lipinski definition) is 3. The second-order valence-corrected chi connectivity index (χ2v) is 10.1. The summed E-state index contributed by atoms with van der Waals surface area (Å²) in [7, 11) is -2.95. The molecule has 0 radical (unpaired) electrons. The number of ether oxygens (including phenoxy) is 1. The maximum absolute atomic E-state index is 13.1. The van der Waals surface area contributed by atoms with Crippen LogP contribution in [0.25, 0.3) is 5.70 Å². The summed E-state index contributed by atoms with van der Waals surface area (Å²) in [5.41, 5.74) is 4.69. The Hall–Kier alpha value is -2.15. The summed E-state index contributed by atoms with van der Waals surface area (Å²) in [5.74, 6) is 0.388. The van der Waals surface area contributed by atoms with Gasteiger partial charge in [-0.1, -0.05) is 6.08 Å². The van der Waals surface area contributed by atoms with Crippen molar-refractivity contribution < 1.29 is 36.5 Å². The predicted octanol–water partition coefficient (Wildman–Crippen LogP) is 2.77. The second kappa shape index (κ2) is 9.98. The number of rotatable bonds is 8. The molecule has 0 saturated heterocycles. The molecule has 0 fully saturated rings. The first-order chi connectivity index (χ1) is 14.4. The van der Waals surface area contributed by atoms with Crippen molar-refractivity contribution in [2.24, 2.45) is 10.7 Å². The predicted molar refractivity (Wildman–Crippen MR) is 112 cm³/mol. The Kier molecular flexibility index (Phi) is 8.09. The smallest absolute Gasteiger partial charge is 0.432 e. The van der Waals surface area contributed by atoms with E-state index in [0.717, 1.165) is 18.4 Å². The van der Waals surface area contributed by atoms with Crippen molar-refractivity contribution in [3.63, 3.8) is 0 Å². The number of aliphatic hydroxyl groups excluding tert-OH is 1. The zero-order valence-corrected chi connectivity index (χ0v) is 18.4. The minimum Gasteiger partial charge on any atom is -0.498 e. The molecule has 0 aliphatic heterocycles. The lowest BCUT2D eigenvalue weighted by molar-refractivity contribution is -0.0577. The molecular formula is C19H23F3N2O5S2. The van der Waals surface area contributed by atoms with Crippen molar-refractivity contribution in [2.45, 2.75) is 41.7 Å². The van der Waals surface area contributed by atoms with E-state index < -0.39 is 33.3 Å².